The van der Waals surface area contributed by atoms with E-state index in [1.807, 2.05) is 0 Å². The molecular weight excluding hydrogens is 210 g/mol. The Labute approximate surface area is 107 Å². The summed E-state index contributed by atoms with van der Waals surface area (Å²) >= 11 is 0. The highest BCUT2D eigenvalue weighted by molar-refractivity contribution is 4.78. The van der Waals surface area contributed by atoms with E-state index in [1.54, 1.807) is 0 Å². The van der Waals surface area contributed by atoms with Gasteiger partial charge in [0, 0.05) is 19.3 Å². The molecule has 3 unspecified atom stereocenters. The average Bonchev–Trinajstić information content (AvgIpc) is 2.37. The monoisotopic (exact) mass is 239 g/mol. The second-order valence-corrected chi connectivity index (χ2v) is 6.28. The van der Waals surface area contributed by atoms with E-state index in [1.165, 1.54) is 45.1 Å². The van der Waals surface area contributed by atoms with Gasteiger partial charge in [0.1, 0.15) is 0 Å². The lowest BCUT2D eigenvalue weighted by Gasteiger charge is -2.32. The molecule has 1 N–H and O–H groups in total. The van der Waals surface area contributed by atoms with E-state index in [9.17, 15) is 0 Å². The molecule has 0 radical (unpaired) electrons. The molecule has 2 nitrogen and oxygen atoms in total. The lowest BCUT2D eigenvalue weighted by atomic mass is 9.82. The highest BCUT2D eigenvalue weighted by atomic mass is 16.5. The molecule has 0 amide bonds. The van der Waals surface area contributed by atoms with Crippen molar-refractivity contribution in [3.05, 3.63) is 0 Å². The molecule has 0 aromatic heterocycles. The predicted molar refractivity (Wildman–Crippen MR) is 72.1 cm³/mol. The number of hydrogen-bond acceptors (Lipinski definition) is 2. The summed E-state index contributed by atoms with van der Waals surface area (Å²) in [6, 6.07) is 0.677. The molecule has 2 rings (SSSR count). The number of nitrogens with one attached hydrogen (secondary N) is 1. The molecule has 0 aromatic rings. The van der Waals surface area contributed by atoms with Crippen molar-refractivity contribution >= 4 is 0 Å². The van der Waals surface area contributed by atoms with Gasteiger partial charge in [-0.05, 0) is 56.9 Å². The minimum absolute atomic E-state index is 0.677. The molecule has 1 heterocycles. The van der Waals surface area contributed by atoms with Gasteiger partial charge in [-0.1, -0.05) is 19.8 Å². The Balaban J connectivity index is 1.66. The van der Waals surface area contributed by atoms with Crippen molar-refractivity contribution in [1.29, 1.82) is 0 Å². The fourth-order valence-electron chi connectivity index (χ4n) is 3.48. The zero-order valence-electron chi connectivity index (χ0n) is 11.6. The first-order valence-corrected chi connectivity index (χ1v) is 7.57. The maximum Gasteiger partial charge on any atom is 0.0469 e. The first-order valence-electron chi connectivity index (χ1n) is 7.57. The Morgan fingerprint density at radius 2 is 1.94 bits per heavy atom. The van der Waals surface area contributed by atoms with Gasteiger partial charge in [0.05, 0.1) is 0 Å². The molecule has 1 aliphatic heterocycles. The normalized spacial score (nSPS) is 33.5. The Kier molecular flexibility index (Phi) is 5.30. The number of hydrogen-bond donors (Lipinski definition) is 1. The van der Waals surface area contributed by atoms with Crippen LogP contribution in [0.5, 0.6) is 0 Å². The van der Waals surface area contributed by atoms with Crippen LogP contribution >= 0.6 is 0 Å². The maximum absolute atomic E-state index is 5.43. The van der Waals surface area contributed by atoms with Crippen LogP contribution in [0, 0.1) is 17.8 Å². The fourth-order valence-corrected chi connectivity index (χ4v) is 3.48. The van der Waals surface area contributed by atoms with Crippen LogP contribution in [0.15, 0.2) is 0 Å². The van der Waals surface area contributed by atoms with Crippen molar-refractivity contribution in [3.8, 4) is 0 Å². The first-order chi connectivity index (χ1) is 8.25. The van der Waals surface area contributed by atoms with Gasteiger partial charge in [-0.15, -0.1) is 0 Å². The molecule has 0 aromatic carbocycles. The van der Waals surface area contributed by atoms with Gasteiger partial charge < -0.3 is 10.1 Å². The quantitative estimate of drug-likeness (QED) is 0.813. The minimum atomic E-state index is 0.677. The Morgan fingerprint density at radius 1 is 1.18 bits per heavy atom. The molecule has 100 valence electrons. The summed E-state index contributed by atoms with van der Waals surface area (Å²) < 4.78 is 5.43. The van der Waals surface area contributed by atoms with Gasteiger partial charge in [0.15, 0.2) is 0 Å². The lowest BCUT2D eigenvalue weighted by Crippen LogP contribution is -2.39. The molecule has 0 bridgehead atoms. The van der Waals surface area contributed by atoms with Crippen LogP contribution in [0.25, 0.3) is 0 Å². The zero-order chi connectivity index (χ0) is 12.1. The van der Waals surface area contributed by atoms with Crippen LogP contribution in [0.4, 0.5) is 0 Å². The largest absolute Gasteiger partial charge is 0.381 e. The Bertz CT molecular complexity index is 213. The van der Waals surface area contributed by atoms with Crippen molar-refractivity contribution in [2.45, 2.75) is 58.4 Å². The summed E-state index contributed by atoms with van der Waals surface area (Å²) in [5, 5.41) is 3.79. The number of ether oxygens (including phenoxy) is 1. The van der Waals surface area contributed by atoms with Gasteiger partial charge in [0.2, 0.25) is 0 Å². The van der Waals surface area contributed by atoms with Crippen LogP contribution in [0.3, 0.4) is 0 Å². The second kappa shape index (κ2) is 6.75. The standard InChI is InChI=1S/C15H29NO/c1-12-4-3-5-14(10-12)11-16-13(2)15-6-8-17-9-7-15/h12-16H,3-11H2,1-2H3. The van der Waals surface area contributed by atoms with Crippen LogP contribution in [-0.2, 0) is 4.74 Å². The van der Waals surface area contributed by atoms with Crippen LogP contribution in [0.2, 0.25) is 0 Å². The third-order valence-corrected chi connectivity index (χ3v) is 4.75. The fraction of sp³-hybridized carbons (Fsp3) is 1.00. The van der Waals surface area contributed by atoms with E-state index < -0.39 is 0 Å². The maximum atomic E-state index is 5.43. The molecule has 2 aliphatic rings. The Hall–Kier alpha value is -0.0800. The molecule has 2 heteroatoms. The molecule has 17 heavy (non-hydrogen) atoms. The smallest absolute Gasteiger partial charge is 0.0469 e. The van der Waals surface area contributed by atoms with E-state index in [4.69, 9.17) is 4.74 Å². The van der Waals surface area contributed by atoms with E-state index in [-0.39, 0.29) is 0 Å². The van der Waals surface area contributed by atoms with Crippen LogP contribution in [-0.4, -0.2) is 25.8 Å². The third-order valence-electron chi connectivity index (χ3n) is 4.75. The van der Waals surface area contributed by atoms with Gasteiger partial charge in [0.25, 0.3) is 0 Å². The number of rotatable bonds is 4. The van der Waals surface area contributed by atoms with E-state index in [2.05, 4.69) is 19.2 Å². The van der Waals surface area contributed by atoms with E-state index in [0.29, 0.717) is 6.04 Å². The average molecular weight is 239 g/mol. The first kappa shape index (κ1) is 13.4. The lowest BCUT2D eigenvalue weighted by molar-refractivity contribution is 0.0550. The highest BCUT2D eigenvalue weighted by Gasteiger charge is 2.23. The second-order valence-electron chi connectivity index (χ2n) is 6.28. The van der Waals surface area contributed by atoms with Crippen molar-refractivity contribution in [2.75, 3.05) is 19.8 Å². The predicted octanol–water partition coefficient (Wildman–Crippen LogP) is 3.22. The van der Waals surface area contributed by atoms with E-state index >= 15 is 0 Å². The van der Waals surface area contributed by atoms with Gasteiger partial charge in [-0.25, -0.2) is 0 Å². The summed E-state index contributed by atoms with van der Waals surface area (Å²) in [5.41, 5.74) is 0. The summed E-state index contributed by atoms with van der Waals surface area (Å²) in [6.07, 6.45) is 8.26. The third kappa shape index (κ3) is 4.26. The molecule has 1 saturated heterocycles. The summed E-state index contributed by atoms with van der Waals surface area (Å²) in [5.74, 6) is 2.72. The van der Waals surface area contributed by atoms with Crippen molar-refractivity contribution in [3.63, 3.8) is 0 Å². The molecule has 3 atom stereocenters. The SMILES string of the molecule is CC1CCCC(CNC(C)C2CCOCC2)C1. The molecular formula is C15H29NO. The van der Waals surface area contributed by atoms with Crippen LogP contribution < -0.4 is 5.32 Å². The summed E-state index contributed by atoms with van der Waals surface area (Å²) in [7, 11) is 0. The Morgan fingerprint density at radius 3 is 2.65 bits per heavy atom. The minimum Gasteiger partial charge on any atom is -0.381 e. The molecule has 0 spiro atoms. The molecule has 1 aliphatic carbocycles. The zero-order valence-corrected chi connectivity index (χ0v) is 11.6. The van der Waals surface area contributed by atoms with E-state index in [0.717, 1.165) is 31.0 Å². The summed E-state index contributed by atoms with van der Waals surface area (Å²) in [4.78, 5) is 0. The van der Waals surface area contributed by atoms with Crippen molar-refractivity contribution < 1.29 is 4.74 Å². The van der Waals surface area contributed by atoms with Crippen LogP contribution in [0.1, 0.15) is 52.4 Å². The molecule has 1 saturated carbocycles. The van der Waals surface area contributed by atoms with Crippen molar-refractivity contribution in [2.24, 2.45) is 17.8 Å². The molecule has 2 fully saturated rings. The highest BCUT2D eigenvalue weighted by Crippen LogP contribution is 2.28. The van der Waals surface area contributed by atoms with Gasteiger partial charge in [-0.2, -0.15) is 0 Å². The summed E-state index contributed by atoms with van der Waals surface area (Å²) in [6.45, 7) is 7.95. The van der Waals surface area contributed by atoms with Gasteiger partial charge >= 0.3 is 0 Å². The van der Waals surface area contributed by atoms with Gasteiger partial charge in [-0.3, -0.25) is 0 Å². The van der Waals surface area contributed by atoms with Crippen molar-refractivity contribution in [1.82, 2.24) is 5.32 Å². The topological polar surface area (TPSA) is 21.3 Å².